The van der Waals surface area contributed by atoms with Crippen molar-refractivity contribution in [1.82, 2.24) is 9.55 Å². The number of H-pyrrole nitrogens is 1. The first-order valence-corrected chi connectivity index (χ1v) is 5.00. The number of imidazole rings is 1. The molecule has 0 aliphatic carbocycles. The van der Waals surface area contributed by atoms with E-state index in [0.29, 0.717) is 11.4 Å². The van der Waals surface area contributed by atoms with Crippen molar-refractivity contribution in [3.05, 3.63) is 16.7 Å². The van der Waals surface area contributed by atoms with Crippen LogP contribution in [0.4, 0.5) is 0 Å². The Morgan fingerprint density at radius 3 is 3.00 bits per heavy atom. The first-order chi connectivity index (χ1) is 6.70. The number of ether oxygens (including phenoxy) is 1. The molecule has 0 amide bonds. The molecular weight excluding hydrogens is 200 g/mol. The average Bonchev–Trinajstić information content (AvgIpc) is 2.56. The normalized spacial score (nSPS) is 13.1. The molecule has 1 heterocycles. The standard InChI is InChI=1S/C9H16N2O2S/c1-7(3-4-13-2)11-8(6-12)5-10-9(11)14/h5,7,12H,3-4,6H2,1-2H3,(H,10,14). The van der Waals surface area contributed by atoms with E-state index in [1.165, 1.54) is 0 Å². The van der Waals surface area contributed by atoms with Gasteiger partial charge in [-0.15, -0.1) is 0 Å². The zero-order valence-electron chi connectivity index (χ0n) is 8.49. The maximum absolute atomic E-state index is 9.09. The third-order valence-corrected chi connectivity index (χ3v) is 2.55. The molecule has 0 bridgehead atoms. The molecule has 80 valence electrons. The highest BCUT2D eigenvalue weighted by atomic mass is 32.1. The van der Waals surface area contributed by atoms with Gasteiger partial charge in [-0.25, -0.2) is 0 Å². The van der Waals surface area contributed by atoms with Crippen LogP contribution in [0.2, 0.25) is 0 Å². The van der Waals surface area contributed by atoms with Gasteiger partial charge in [-0.3, -0.25) is 0 Å². The zero-order valence-corrected chi connectivity index (χ0v) is 9.30. The molecule has 0 fully saturated rings. The summed E-state index contributed by atoms with van der Waals surface area (Å²) >= 11 is 5.12. The lowest BCUT2D eigenvalue weighted by Crippen LogP contribution is -2.11. The van der Waals surface area contributed by atoms with E-state index >= 15 is 0 Å². The number of aromatic nitrogens is 2. The lowest BCUT2D eigenvalue weighted by atomic mass is 10.2. The zero-order chi connectivity index (χ0) is 10.6. The second-order valence-electron chi connectivity index (χ2n) is 3.24. The minimum absolute atomic E-state index is 0.00443. The molecule has 1 unspecified atom stereocenters. The number of rotatable bonds is 5. The van der Waals surface area contributed by atoms with Gasteiger partial charge in [-0.05, 0) is 25.6 Å². The minimum atomic E-state index is 0.00443. The molecule has 1 atom stereocenters. The molecule has 5 heteroatoms. The number of nitrogens with zero attached hydrogens (tertiary/aromatic N) is 1. The molecule has 4 nitrogen and oxygen atoms in total. The van der Waals surface area contributed by atoms with Crippen molar-refractivity contribution in [2.45, 2.75) is 26.0 Å². The van der Waals surface area contributed by atoms with Gasteiger partial charge in [0, 0.05) is 26.0 Å². The van der Waals surface area contributed by atoms with Gasteiger partial charge in [0.15, 0.2) is 4.77 Å². The highest BCUT2D eigenvalue weighted by Crippen LogP contribution is 2.15. The van der Waals surface area contributed by atoms with Gasteiger partial charge in [0.05, 0.1) is 12.3 Å². The molecule has 1 rings (SSSR count). The Bertz CT molecular complexity index is 332. The van der Waals surface area contributed by atoms with Gasteiger partial charge in [0.2, 0.25) is 0 Å². The van der Waals surface area contributed by atoms with Crippen molar-refractivity contribution >= 4 is 12.2 Å². The van der Waals surface area contributed by atoms with E-state index < -0.39 is 0 Å². The van der Waals surface area contributed by atoms with Gasteiger partial charge in [0.25, 0.3) is 0 Å². The van der Waals surface area contributed by atoms with Crippen molar-refractivity contribution in [2.24, 2.45) is 0 Å². The van der Waals surface area contributed by atoms with Crippen LogP contribution in [0.25, 0.3) is 0 Å². The van der Waals surface area contributed by atoms with Crippen molar-refractivity contribution in [2.75, 3.05) is 13.7 Å². The first-order valence-electron chi connectivity index (χ1n) is 4.59. The van der Waals surface area contributed by atoms with E-state index in [1.807, 2.05) is 4.57 Å². The minimum Gasteiger partial charge on any atom is -0.390 e. The second kappa shape index (κ2) is 5.29. The third-order valence-electron chi connectivity index (χ3n) is 2.23. The SMILES string of the molecule is COCCC(C)n1c(CO)c[nH]c1=S. The van der Waals surface area contributed by atoms with Crippen LogP contribution in [-0.2, 0) is 11.3 Å². The van der Waals surface area contributed by atoms with E-state index in [0.717, 1.165) is 12.1 Å². The number of aliphatic hydroxyl groups is 1. The highest BCUT2D eigenvalue weighted by molar-refractivity contribution is 7.71. The maximum Gasteiger partial charge on any atom is 0.177 e. The molecular formula is C9H16N2O2S. The van der Waals surface area contributed by atoms with Gasteiger partial charge in [-0.1, -0.05) is 0 Å². The number of nitrogens with one attached hydrogen (secondary N) is 1. The van der Waals surface area contributed by atoms with E-state index in [-0.39, 0.29) is 12.6 Å². The van der Waals surface area contributed by atoms with Crippen LogP contribution in [-0.4, -0.2) is 28.4 Å². The van der Waals surface area contributed by atoms with Gasteiger partial charge >= 0.3 is 0 Å². The highest BCUT2D eigenvalue weighted by Gasteiger charge is 2.09. The van der Waals surface area contributed by atoms with Crippen LogP contribution in [0.3, 0.4) is 0 Å². The molecule has 0 saturated carbocycles. The fraction of sp³-hybridized carbons (Fsp3) is 0.667. The molecule has 0 saturated heterocycles. The first kappa shape index (κ1) is 11.4. The van der Waals surface area contributed by atoms with Crippen molar-refractivity contribution in [3.63, 3.8) is 0 Å². The number of hydrogen-bond donors (Lipinski definition) is 2. The van der Waals surface area contributed by atoms with Crippen LogP contribution in [0.5, 0.6) is 0 Å². The van der Waals surface area contributed by atoms with E-state index in [1.54, 1.807) is 13.3 Å². The summed E-state index contributed by atoms with van der Waals surface area (Å²) in [5.41, 5.74) is 0.818. The van der Waals surface area contributed by atoms with E-state index in [2.05, 4.69) is 11.9 Å². The average molecular weight is 216 g/mol. The number of methoxy groups -OCH3 is 1. The van der Waals surface area contributed by atoms with Crippen molar-refractivity contribution in [3.8, 4) is 0 Å². The monoisotopic (exact) mass is 216 g/mol. The number of aromatic amines is 1. The lowest BCUT2D eigenvalue weighted by molar-refractivity contribution is 0.178. The van der Waals surface area contributed by atoms with Crippen molar-refractivity contribution < 1.29 is 9.84 Å². The fourth-order valence-corrected chi connectivity index (χ4v) is 1.79. The summed E-state index contributed by atoms with van der Waals surface area (Å²) in [5, 5.41) is 9.09. The van der Waals surface area contributed by atoms with Crippen molar-refractivity contribution in [1.29, 1.82) is 0 Å². The molecule has 0 radical (unpaired) electrons. The Balaban J connectivity index is 2.81. The lowest BCUT2D eigenvalue weighted by Gasteiger charge is -2.15. The van der Waals surface area contributed by atoms with E-state index in [9.17, 15) is 0 Å². The fourth-order valence-electron chi connectivity index (χ4n) is 1.44. The van der Waals surface area contributed by atoms with Gasteiger partial charge in [0.1, 0.15) is 0 Å². The molecule has 14 heavy (non-hydrogen) atoms. The summed E-state index contributed by atoms with van der Waals surface area (Å²) in [6.45, 7) is 2.76. The Morgan fingerprint density at radius 2 is 2.43 bits per heavy atom. The summed E-state index contributed by atoms with van der Waals surface area (Å²) < 4.78 is 7.58. The summed E-state index contributed by atoms with van der Waals surface area (Å²) in [4.78, 5) is 2.92. The Labute approximate surface area is 88.5 Å². The van der Waals surface area contributed by atoms with Crippen LogP contribution >= 0.6 is 12.2 Å². The molecule has 1 aromatic heterocycles. The summed E-state index contributed by atoms with van der Waals surface area (Å²) in [6.07, 6.45) is 2.63. The molecule has 1 aromatic rings. The Kier molecular flexibility index (Phi) is 4.31. The number of hydrogen-bond acceptors (Lipinski definition) is 3. The van der Waals surface area contributed by atoms with E-state index in [4.69, 9.17) is 22.1 Å². The topological polar surface area (TPSA) is 50.2 Å². The van der Waals surface area contributed by atoms with Crippen LogP contribution in [0.15, 0.2) is 6.20 Å². The van der Waals surface area contributed by atoms with Crippen LogP contribution in [0.1, 0.15) is 25.1 Å². The Hall–Kier alpha value is -0.650. The predicted octanol–water partition coefficient (Wildman–Crippen LogP) is 1.64. The predicted molar refractivity (Wildman–Crippen MR) is 56.7 cm³/mol. The number of aliphatic hydroxyl groups excluding tert-OH is 1. The summed E-state index contributed by atoms with van der Waals surface area (Å²) in [5.74, 6) is 0. The Morgan fingerprint density at radius 1 is 1.71 bits per heavy atom. The third kappa shape index (κ3) is 2.43. The quantitative estimate of drug-likeness (QED) is 0.736. The smallest absolute Gasteiger partial charge is 0.177 e. The molecule has 0 spiro atoms. The molecule has 0 aromatic carbocycles. The van der Waals surface area contributed by atoms with Gasteiger partial charge in [-0.2, -0.15) is 0 Å². The summed E-state index contributed by atoms with van der Waals surface area (Å²) in [6, 6.07) is 0.246. The summed E-state index contributed by atoms with van der Waals surface area (Å²) in [7, 11) is 1.68. The van der Waals surface area contributed by atoms with Gasteiger partial charge < -0.3 is 19.4 Å². The molecule has 0 aliphatic rings. The second-order valence-corrected chi connectivity index (χ2v) is 3.63. The molecule has 2 N–H and O–H groups in total. The maximum atomic E-state index is 9.09. The largest absolute Gasteiger partial charge is 0.390 e. The van der Waals surface area contributed by atoms with Crippen LogP contribution in [0, 0.1) is 4.77 Å². The van der Waals surface area contributed by atoms with Crippen LogP contribution < -0.4 is 0 Å². The molecule has 0 aliphatic heterocycles.